The van der Waals surface area contributed by atoms with Crippen LogP contribution in [0.25, 0.3) is 0 Å². The second-order valence-corrected chi connectivity index (χ2v) is 3.02. The van der Waals surface area contributed by atoms with E-state index in [9.17, 15) is 5.11 Å². The van der Waals surface area contributed by atoms with Crippen LogP contribution in [-0.2, 0) is 5.60 Å². The lowest BCUT2D eigenvalue weighted by molar-refractivity contribution is 0.0752. The van der Waals surface area contributed by atoms with Crippen molar-refractivity contribution in [3.63, 3.8) is 0 Å². The highest BCUT2D eigenvalue weighted by Crippen LogP contribution is 2.23. The Morgan fingerprint density at radius 3 is 2.92 bits per heavy atom. The van der Waals surface area contributed by atoms with Gasteiger partial charge in [0.1, 0.15) is 0 Å². The van der Waals surface area contributed by atoms with E-state index in [1.165, 1.54) is 0 Å². The lowest BCUT2D eigenvalue weighted by Crippen LogP contribution is -2.21. The molecule has 0 saturated carbocycles. The van der Waals surface area contributed by atoms with E-state index in [1.54, 1.807) is 18.5 Å². The van der Waals surface area contributed by atoms with Gasteiger partial charge in [0.2, 0.25) is 0 Å². The van der Waals surface area contributed by atoms with Crippen LogP contribution in [0.2, 0.25) is 0 Å². The van der Waals surface area contributed by atoms with Crippen molar-refractivity contribution < 1.29 is 5.11 Å². The Kier molecular flexibility index (Phi) is 2.82. The van der Waals surface area contributed by atoms with Gasteiger partial charge in [0.25, 0.3) is 0 Å². The van der Waals surface area contributed by atoms with Crippen molar-refractivity contribution in [2.24, 2.45) is 0 Å². The van der Waals surface area contributed by atoms with E-state index in [2.05, 4.69) is 11.9 Å². The van der Waals surface area contributed by atoms with Gasteiger partial charge >= 0.3 is 0 Å². The summed E-state index contributed by atoms with van der Waals surface area (Å²) in [6, 6.07) is 3.65. The molecule has 0 aliphatic heterocycles. The Morgan fingerprint density at radius 2 is 2.42 bits per heavy atom. The summed E-state index contributed by atoms with van der Waals surface area (Å²) in [5.74, 6) is 0. The predicted molar refractivity (Wildman–Crippen MR) is 48.4 cm³/mol. The summed E-state index contributed by atoms with van der Waals surface area (Å²) < 4.78 is 0. The van der Waals surface area contributed by atoms with Gasteiger partial charge < -0.3 is 5.11 Å². The first-order valence-electron chi connectivity index (χ1n) is 4.15. The average Bonchev–Trinajstić information content (AvgIpc) is 2.06. The van der Waals surface area contributed by atoms with Crippen molar-refractivity contribution in [3.8, 4) is 0 Å². The standard InChI is InChI=1S/C10H14NO/c1-3-6-10(2,12)9-5-4-7-11-8-9/h4-5,7-8,12H,2-3,6H2,1H3. The summed E-state index contributed by atoms with van der Waals surface area (Å²) in [6.45, 7) is 5.77. The summed E-state index contributed by atoms with van der Waals surface area (Å²) in [5, 5.41) is 9.83. The zero-order valence-electron chi connectivity index (χ0n) is 7.33. The quantitative estimate of drug-likeness (QED) is 0.740. The molecule has 2 nitrogen and oxygen atoms in total. The molecule has 65 valence electrons. The Balaban J connectivity index is 2.82. The summed E-state index contributed by atoms with van der Waals surface area (Å²) in [4.78, 5) is 3.93. The molecule has 0 amide bonds. The minimum Gasteiger partial charge on any atom is -0.385 e. The maximum atomic E-state index is 9.83. The molecule has 1 rings (SSSR count). The van der Waals surface area contributed by atoms with Crippen molar-refractivity contribution in [1.82, 2.24) is 4.98 Å². The second-order valence-electron chi connectivity index (χ2n) is 3.02. The molecule has 2 heteroatoms. The third-order valence-electron chi connectivity index (χ3n) is 1.86. The van der Waals surface area contributed by atoms with E-state index in [-0.39, 0.29) is 0 Å². The zero-order valence-corrected chi connectivity index (χ0v) is 7.33. The van der Waals surface area contributed by atoms with Gasteiger partial charge in [0.05, 0.1) is 5.60 Å². The van der Waals surface area contributed by atoms with Gasteiger partial charge in [-0.2, -0.15) is 0 Å². The molecule has 0 saturated heterocycles. The molecule has 0 aromatic carbocycles. The van der Waals surface area contributed by atoms with Crippen molar-refractivity contribution in [2.75, 3.05) is 0 Å². The van der Waals surface area contributed by atoms with Gasteiger partial charge in [0.15, 0.2) is 0 Å². The predicted octanol–water partition coefficient (Wildman–Crippen LogP) is 1.90. The zero-order chi connectivity index (χ0) is 9.03. The fourth-order valence-corrected chi connectivity index (χ4v) is 1.20. The minimum absolute atomic E-state index is 0.665. The summed E-state index contributed by atoms with van der Waals surface area (Å²) in [5.41, 5.74) is -0.185. The van der Waals surface area contributed by atoms with E-state index in [1.807, 2.05) is 13.0 Å². The molecule has 1 aromatic heterocycles. The smallest absolute Gasteiger partial charge is 0.0912 e. The summed E-state index contributed by atoms with van der Waals surface area (Å²) in [6.07, 6.45) is 4.92. The Labute approximate surface area is 73.3 Å². The van der Waals surface area contributed by atoms with Crippen LogP contribution < -0.4 is 0 Å². The van der Waals surface area contributed by atoms with Gasteiger partial charge in [-0.15, -0.1) is 0 Å². The van der Waals surface area contributed by atoms with Gasteiger partial charge in [-0.3, -0.25) is 4.98 Å². The van der Waals surface area contributed by atoms with E-state index in [0.717, 1.165) is 12.0 Å². The van der Waals surface area contributed by atoms with Crippen LogP contribution in [0, 0.1) is 6.92 Å². The molecular weight excluding hydrogens is 150 g/mol. The highest BCUT2D eigenvalue weighted by atomic mass is 16.3. The monoisotopic (exact) mass is 164 g/mol. The molecule has 1 atom stereocenters. The summed E-state index contributed by atoms with van der Waals surface area (Å²) in [7, 11) is 0. The molecule has 1 aromatic rings. The van der Waals surface area contributed by atoms with Crippen LogP contribution in [0.3, 0.4) is 0 Å². The van der Waals surface area contributed by atoms with Gasteiger partial charge in [-0.25, -0.2) is 0 Å². The number of pyridine rings is 1. The molecule has 0 bridgehead atoms. The molecule has 0 aliphatic rings. The highest BCUT2D eigenvalue weighted by Gasteiger charge is 2.21. The molecule has 0 spiro atoms. The third kappa shape index (κ3) is 2.05. The fourth-order valence-electron chi connectivity index (χ4n) is 1.20. The molecular formula is C10H14NO. The maximum absolute atomic E-state index is 9.83. The normalized spacial score (nSPS) is 15.6. The maximum Gasteiger partial charge on any atom is 0.0912 e. The van der Waals surface area contributed by atoms with Gasteiger partial charge in [-0.05, 0) is 19.4 Å². The Bertz CT molecular complexity index is 231. The number of aromatic nitrogens is 1. The van der Waals surface area contributed by atoms with Crippen molar-refractivity contribution in [2.45, 2.75) is 25.4 Å². The topological polar surface area (TPSA) is 33.1 Å². The van der Waals surface area contributed by atoms with Crippen molar-refractivity contribution in [1.29, 1.82) is 0 Å². The van der Waals surface area contributed by atoms with Gasteiger partial charge in [-0.1, -0.05) is 19.4 Å². The largest absolute Gasteiger partial charge is 0.385 e. The van der Waals surface area contributed by atoms with Crippen molar-refractivity contribution >= 4 is 0 Å². The fraction of sp³-hybridized carbons (Fsp3) is 0.400. The number of hydrogen-bond acceptors (Lipinski definition) is 2. The number of hydrogen-bond donors (Lipinski definition) is 1. The van der Waals surface area contributed by atoms with E-state index >= 15 is 0 Å². The lowest BCUT2D eigenvalue weighted by Gasteiger charge is -2.22. The van der Waals surface area contributed by atoms with Crippen molar-refractivity contribution in [3.05, 3.63) is 37.0 Å². The first kappa shape index (κ1) is 9.20. The van der Waals surface area contributed by atoms with E-state index in [4.69, 9.17) is 0 Å². The highest BCUT2D eigenvalue weighted by molar-refractivity contribution is 5.18. The Hall–Kier alpha value is -0.890. The molecule has 0 fully saturated rings. The number of nitrogens with zero attached hydrogens (tertiary/aromatic N) is 1. The molecule has 0 aliphatic carbocycles. The van der Waals surface area contributed by atoms with Crippen LogP contribution in [-0.4, -0.2) is 10.1 Å². The van der Waals surface area contributed by atoms with Crippen LogP contribution in [0.4, 0.5) is 0 Å². The molecule has 12 heavy (non-hydrogen) atoms. The molecule has 1 unspecified atom stereocenters. The van der Waals surface area contributed by atoms with Crippen LogP contribution in [0.5, 0.6) is 0 Å². The molecule has 1 heterocycles. The van der Waals surface area contributed by atoms with E-state index < -0.39 is 5.60 Å². The second kappa shape index (κ2) is 3.68. The minimum atomic E-state index is -0.969. The van der Waals surface area contributed by atoms with Crippen LogP contribution in [0.15, 0.2) is 24.5 Å². The first-order chi connectivity index (χ1) is 5.67. The lowest BCUT2D eigenvalue weighted by atomic mass is 9.93. The number of aliphatic hydroxyl groups is 1. The average molecular weight is 164 g/mol. The van der Waals surface area contributed by atoms with Crippen LogP contribution in [0.1, 0.15) is 25.3 Å². The third-order valence-corrected chi connectivity index (χ3v) is 1.86. The van der Waals surface area contributed by atoms with Gasteiger partial charge in [0, 0.05) is 18.0 Å². The molecule has 1 N–H and O–H groups in total. The number of rotatable bonds is 3. The van der Waals surface area contributed by atoms with Crippen LogP contribution >= 0.6 is 0 Å². The first-order valence-corrected chi connectivity index (χ1v) is 4.15. The summed E-state index contributed by atoms with van der Waals surface area (Å²) >= 11 is 0. The SMILES string of the molecule is [CH2]C(O)(CCC)c1cccnc1. The van der Waals surface area contributed by atoms with E-state index in [0.29, 0.717) is 6.42 Å². The molecule has 1 radical (unpaired) electrons. The Morgan fingerprint density at radius 1 is 1.67 bits per heavy atom.